The Hall–Kier alpha value is -2.45. The molecule has 8 heteroatoms. The summed E-state index contributed by atoms with van der Waals surface area (Å²) in [6.45, 7) is 4.82. The number of morpholine rings is 1. The van der Waals surface area contributed by atoms with Gasteiger partial charge in [-0.2, -0.15) is 0 Å². The third-order valence-corrected chi connectivity index (χ3v) is 7.00. The van der Waals surface area contributed by atoms with Crippen LogP contribution in [-0.2, 0) is 9.53 Å². The molecule has 152 valence electrons. The Bertz CT molecular complexity index is 922. The van der Waals surface area contributed by atoms with Crippen molar-refractivity contribution >= 4 is 23.3 Å². The number of nitrogens with one attached hydrogen (secondary N) is 1. The van der Waals surface area contributed by atoms with Gasteiger partial charge in [-0.3, -0.25) is 4.79 Å². The van der Waals surface area contributed by atoms with Gasteiger partial charge < -0.3 is 19.9 Å². The van der Waals surface area contributed by atoms with E-state index < -0.39 is 0 Å². The molecule has 3 aliphatic rings. The summed E-state index contributed by atoms with van der Waals surface area (Å²) in [5.41, 5.74) is 3.45. The van der Waals surface area contributed by atoms with E-state index in [2.05, 4.69) is 39.9 Å². The summed E-state index contributed by atoms with van der Waals surface area (Å²) in [5, 5.41) is 6.06. The minimum absolute atomic E-state index is 0.0287. The molecule has 3 aliphatic heterocycles. The van der Waals surface area contributed by atoms with Crippen LogP contribution < -0.4 is 5.32 Å². The molecular weight excluding hydrogens is 388 g/mol. The molecule has 0 aliphatic carbocycles. The van der Waals surface area contributed by atoms with E-state index in [0.717, 1.165) is 35.8 Å². The fourth-order valence-electron chi connectivity index (χ4n) is 4.30. The smallest absolute Gasteiger partial charge is 0.320 e. The fourth-order valence-corrected chi connectivity index (χ4v) is 5.11. The highest BCUT2D eigenvalue weighted by molar-refractivity contribution is 7.13. The molecule has 5 rings (SSSR count). The van der Waals surface area contributed by atoms with E-state index in [1.165, 1.54) is 5.56 Å². The Morgan fingerprint density at radius 3 is 2.72 bits per heavy atom. The number of piperidine rings is 1. The maximum absolute atomic E-state index is 12.8. The van der Waals surface area contributed by atoms with Crippen molar-refractivity contribution in [3.8, 4) is 10.6 Å². The molecule has 2 atom stereocenters. The summed E-state index contributed by atoms with van der Waals surface area (Å²) in [7, 11) is 0. The van der Waals surface area contributed by atoms with Gasteiger partial charge in [-0.1, -0.05) is 24.3 Å². The monoisotopic (exact) mass is 412 g/mol. The Morgan fingerprint density at radius 1 is 1.21 bits per heavy atom. The minimum atomic E-state index is -0.0964. The second kappa shape index (κ2) is 7.42. The summed E-state index contributed by atoms with van der Waals surface area (Å²) in [5.74, 6) is 0.280. The molecule has 0 radical (unpaired) electrons. The standard InChI is InChI=1S/C21H24N4O3S/c1-13-12-29-20(22-13)15-4-2-14(3-5-15)16-8-25(9-16)21(27)24-7-6-18-17(10-24)23-19(26)11-28-18/h2-5,12,16-18H,6-11H2,1H3,(H,23,26)/t17-,18+/m1/s1. The number of rotatable bonds is 2. The molecule has 2 aromatic rings. The fraction of sp³-hybridized carbons (Fsp3) is 0.476. The predicted molar refractivity (Wildman–Crippen MR) is 110 cm³/mol. The highest BCUT2D eigenvalue weighted by atomic mass is 32.1. The number of fused-ring (bicyclic) bond motifs is 1. The molecule has 3 saturated heterocycles. The molecule has 3 fully saturated rings. The van der Waals surface area contributed by atoms with Crippen molar-refractivity contribution in [2.75, 3.05) is 32.8 Å². The summed E-state index contributed by atoms with van der Waals surface area (Å²) in [4.78, 5) is 32.7. The lowest BCUT2D eigenvalue weighted by Crippen LogP contribution is -2.63. The number of benzene rings is 1. The van der Waals surface area contributed by atoms with E-state index in [0.29, 0.717) is 19.0 Å². The molecule has 0 bridgehead atoms. The number of urea groups is 1. The number of amides is 3. The maximum atomic E-state index is 12.8. The number of nitrogens with zero attached hydrogens (tertiary/aromatic N) is 3. The molecule has 29 heavy (non-hydrogen) atoms. The zero-order chi connectivity index (χ0) is 20.0. The number of carbonyl (C=O) groups is 2. The summed E-state index contributed by atoms with van der Waals surface area (Å²) >= 11 is 1.66. The lowest BCUT2D eigenvalue weighted by Gasteiger charge is -2.46. The molecule has 0 unspecified atom stereocenters. The second-order valence-electron chi connectivity index (χ2n) is 8.06. The first-order valence-electron chi connectivity index (χ1n) is 10.0. The average Bonchev–Trinajstić information content (AvgIpc) is 3.13. The lowest BCUT2D eigenvalue weighted by molar-refractivity contribution is -0.139. The average molecular weight is 413 g/mol. The van der Waals surface area contributed by atoms with Gasteiger partial charge in [0.25, 0.3) is 0 Å². The van der Waals surface area contributed by atoms with Crippen LogP contribution in [0.4, 0.5) is 4.79 Å². The number of aromatic nitrogens is 1. The van der Waals surface area contributed by atoms with E-state index in [-0.39, 0.29) is 30.7 Å². The third-order valence-electron chi connectivity index (χ3n) is 5.99. The van der Waals surface area contributed by atoms with Crippen LogP contribution in [-0.4, -0.2) is 71.7 Å². The van der Waals surface area contributed by atoms with Crippen molar-refractivity contribution in [3.05, 3.63) is 40.9 Å². The predicted octanol–water partition coefficient (Wildman–Crippen LogP) is 2.23. The van der Waals surface area contributed by atoms with E-state index in [1.54, 1.807) is 11.3 Å². The number of hydrogen-bond donors (Lipinski definition) is 1. The number of thiazole rings is 1. The zero-order valence-electron chi connectivity index (χ0n) is 16.3. The topological polar surface area (TPSA) is 74.8 Å². The third kappa shape index (κ3) is 3.62. The molecular formula is C21H24N4O3S. The van der Waals surface area contributed by atoms with Crippen LogP contribution in [0, 0.1) is 6.92 Å². The molecule has 1 aromatic heterocycles. The number of aryl methyl sites for hydroxylation is 1. The quantitative estimate of drug-likeness (QED) is 0.821. The number of likely N-dealkylation sites (tertiary alicyclic amines) is 2. The van der Waals surface area contributed by atoms with Gasteiger partial charge in [-0.05, 0) is 18.9 Å². The van der Waals surface area contributed by atoms with Crippen molar-refractivity contribution in [1.29, 1.82) is 0 Å². The van der Waals surface area contributed by atoms with E-state index >= 15 is 0 Å². The summed E-state index contributed by atoms with van der Waals surface area (Å²) in [6.07, 6.45) is 0.798. The first-order valence-corrected chi connectivity index (χ1v) is 10.9. The van der Waals surface area contributed by atoms with Gasteiger partial charge in [-0.25, -0.2) is 9.78 Å². The van der Waals surface area contributed by atoms with Crippen molar-refractivity contribution in [2.45, 2.75) is 31.4 Å². The Kier molecular flexibility index (Phi) is 4.75. The largest absolute Gasteiger partial charge is 0.366 e. The van der Waals surface area contributed by atoms with Crippen LogP contribution in [0.3, 0.4) is 0 Å². The van der Waals surface area contributed by atoms with Crippen LogP contribution in [0.25, 0.3) is 10.6 Å². The number of carbonyl (C=O) groups excluding carboxylic acids is 2. The Balaban J connectivity index is 1.16. The maximum Gasteiger partial charge on any atom is 0.320 e. The minimum Gasteiger partial charge on any atom is -0.366 e. The van der Waals surface area contributed by atoms with Crippen molar-refractivity contribution < 1.29 is 14.3 Å². The van der Waals surface area contributed by atoms with Crippen molar-refractivity contribution in [3.63, 3.8) is 0 Å². The molecule has 1 aromatic carbocycles. The molecule has 0 saturated carbocycles. The van der Waals surface area contributed by atoms with E-state index in [4.69, 9.17) is 4.74 Å². The molecule has 3 amide bonds. The van der Waals surface area contributed by atoms with Crippen LogP contribution in [0.1, 0.15) is 23.6 Å². The van der Waals surface area contributed by atoms with Gasteiger partial charge in [0.15, 0.2) is 0 Å². The van der Waals surface area contributed by atoms with Crippen LogP contribution in [0.5, 0.6) is 0 Å². The summed E-state index contributed by atoms with van der Waals surface area (Å²) < 4.78 is 5.57. The molecule has 0 spiro atoms. The van der Waals surface area contributed by atoms with Gasteiger partial charge in [0, 0.05) is 48.7 Å². The number of ether oxygens (including phenoxy) is 1. The van der Waals surface area contributed by atoms with Crippen molar-refractivity contribution in [2.24, 2.45) is 0 Å². The van der Waals surface area contributed by atoms with Crippen LogP contribution >= 0.6 is 11.3 Å². The van der Waals surface area contributed by atoms with Gasteiger partial charge in [0.05, 0.1) is 12.1 Å². The van der Waals surface area contributed by atoms with Gasteiger partial charge in [-0.15, -0.1) is 11.3 Å². The van der Waals surface area contributed by atoms with Crippen LogP contribution in [0.2, 0.25) is 0 Å². The van der Waals surface area contributed by atoms with E-state index in [9.17, 15) is 9.59 Å². The first-order chi connectivity index (χ1) is 14.1. The van der Waals surface area contributed by atoms with E-state index in [1.807, 2.05) is 16.7 Å². The summed E-state index contributed by atoms with van der Waals surface area (Å²) in [6, 6.07) is 8.52. The molecule has 7 nitrogen and oxygen atoms in total. The highest BCUT2D eigenvalue weighted by Crippen LogP contribution is 2.31. The Morgan fingerprint density at radius 2 is 2.00 bits per heavy atom. The zero-order valence-corrected chi connectivity index (χ0v) is 17.2. The second-order valence-corrected chi connectivity index (χ2v) is 8.92. The SMILES string of the molecule is Cc1csc(-c2ccc(C3CN(C(=O)N4CC[C@@H]5OCC(=O)N[C@@H]5C4)C3)cc2)n1. The highest BCUT2D eigenvalue weighted by Gasteiger charge is 2.40. The van der Waals surface area contributed by atoms with Crippen molar-refractivity contribution in [1.82, 2.24) is 20.1 Å². The molecule has 1 N–H and O–H groups in total. The Labute approximate surface area is 173 Å². The van der Waals surface area contributed by atoms with Gasteiger partial charge in [0.1, 0.15) is 11.6 Å². The normalized spacial score (nSPS) is 24.7. The van der Waals surface area contributed by atoms with Gasteiger partial charge in [0.2, 0.25) is 5.91 Å². The molecule has 4 heterocycles. The number of hydrogen-bond acceptors (Lipinski definition) is 5. The van der Waals surface area contributed by atoms with Gasteiger partial charge >= 0.3 is 6.03 Å². The van der Waals surface area contributed by atoms with Crippen LogP contribution in [0.15, 0.2) is 29.6 Å². The first kappa shape index (κ1) is 18.6. The lowest BCUT2D eigenvalue weighted by atomic mass is 9.91.